The van der Waals surface area contributed by atoms with Crippen molar-refractivity contribution in [1.29, 1.82) is 0 Å². The maximum Gasteiger partial charge on any atom is 0.227 e. The average molecular weight is 298 g/mol. The maximum atomic E-state index is 12.2. The van der Waals surface area contributed by atoms with Crippen molar-refractivity contribution in [3.63, 3.8) is 0 Å². The third-order valence-electron chi connectivity index (χ3n) is 2.67. The minimum Gasteiger partial charge on any atom is -0.325 e. The molecule has 1 atom stereocenters. The summed E-state index contributed by atoms with van der Waals surface area (Å²) in [6.07, 6.45) is 4.63. The highest BCUT2D eigenvalue weighted by Crippen LogP contribution is 2.15. The molecule has 0 spiro atoms. The van der Waals surface area contributed by atoms with Gasteiger partial charge in [-0.3, -0.25) is 4.21 Å². The zero-order chi connectivity index (χ0) is 14.0. The molecule has 2 rings (SSSR count). The van der Waals surface area contributed by atoms with Crippen molar-refractivity contribution in [3.05, 3.63) is 42.2 Å². The maximum absolute atomic E-state index is 12.2. The fourth-order valence-electron chi connectivity index (χ4n) is 1.71. The van der Waals surface area contributed by atoms with Crippen LogP contribution in [0.3, 0.4) is 0 Å². The molecule has 0 bridgehead atoms. The van der Waals surface area contributed by atoms with E-state index in [-0.39, 0.29) is 10.9 Å². The fourth-order valence-corrected chi connectivity index (χ4v) is 3.71. The summed E-state index contributed by atoms with van der Waals surface area (Å²) in [5, 5.41) is 0.0515. The van der Waals surface area contributed by atoms with Gasteiger partial charge in [-0.1, -0.05) is 12.1 Å². The second kappa shape index (κ2) is 5.26. The van der Waals surface area contributed by atoms with Crippen LogP contribution in [0.5, 0.6) is 0 Å². The van der Waals surface area contributed by atoms with Gasteiger partial charge in [-0.05, 0) is 17.7 Å². The molecule has 1 unspecified atom stereocenters. The van der Waals surface area contributed by atoms with Crippen LogP contribution in [0, 0.1) is 0 Å². The number of sulfone groups is 1. The van der Waals surface area contributed by atoms with E-state index < -0.39 is 20.6 Å². The molecule has 0 aliphatic carbocycles. The minimum absolute atomic E-state index is 0.0515. The molecule has 0 aliphatic rings. The van der Waals surface area contributed by atoms with Crippen molar-refractivity contribution in [2.45, 2.75) is 15.8 Å². The van der Waals surface area contributed by atoms with Crippen LogP contribution < -0.4 is 0 Å². The second-order valence-corrected chi connectivity index (χ2v) is 7.44. The van der Waals surface area contributed by atoms with Crippen LogP contribution in [0.2, 0.25) is 0 Å². The zero-order valence-electron chi connectivity index (χ0n) is 10.6. The average Bonchev–Trinajstić information content (AvgIpc) is 2.76. The number of aryl methyl sites for hydroxylation is 1. The Hall–Kier alpha value is -1.47. The third kappa shape index (κ3) is 3.10. The fraction of sp³-hybridized carbons (Fsp3) is 0.250. The van der Waals surface area contributed by atoms with E-state index in [0.29, 0.717) is 10.5 Å². The Bertz CT molecular complexity index is 703. The second-order valence-electron chi connectivity index (χ2n) is 4.18. The van der Waals surface area contributed by atoms with E-state index in [2.05, 4.69) is 4.98 Å². The first-order chi connectivity index (χ1) is 8.90. The summed E-state index contributed by atoms with van der Waals surface area (Å²) in [5.74, 6) is -0.117. The molecule has 102 valence electrons. The van der Waals surface area contributed by atoms with Gasteiger partial charge in [0.05, 0.1) is 5.75 Å². The molecule has 0 N–H and O–H groups in total. The van der Waals surface area contributed by atoms with Gasteiger partial charge >= 0.3 is 0 Å². The number of benzene rings is 1. The van der Waals surface area contributed by atoms with Gasteiger partial charge in [0.1, 0.15) is 0 Å². The predicted molar refractivity (Wildman–Crippen MR) is 72.9 cm³/mol. The van der Waals surface area contributed by atoms with Crippen molar-refractivity contribution >= 4 is 20.6 Å². The Labute approximate surface area is 114 Å². The molecule has 1 aromatic carbocycles. The number of hydrogen-bond donors (Lipinski definition) is 0. The summed E-state index contributed by atoms with van der Waals surface area (Å²) in [5.41, 5.74) is 0.650. The molecule has 1 heterocycles. The van der Waals surface area contributed by atoms with Crippen LogP contribution in [0.15, 0.2) is 46.7 Å². The normalized spacial score (nSPS) is 13.4. The first-order valence-corrected chi connectivity index (χ1v) is 8.73. The van der Waals surface area contributed by atoms with Gasteiger partial charge in [0.25, 0.3) is 0 Å². The molecule has 1 aromatic heterocycles. The van der Waals surface area contributed by atoms with Crippen LogP contribution in [0.1, 0.15) is 5.56 Å². The quantitative estimate of drug-likeness (QED) is 0.848. The van der Waals surface area contributed by atoms with Crippen molar-refractivity contribution in [3.8, 4) is 0 Å². The van der Waals surface area contributed by atoms with Gasteiger partial charge in [-0.15, -0.1) is 0 Å². The minimum atomic E-state index is -3.46. The lowest BCUT2D eigenvalue weighted by atomic mass is 10.2. The number of hydrogen-bond acceptors (Lipinski definition) is 4. The molecule has 0 fully saturated rings. The summed E-state index contributed by atoms with van der Waals surface area (Å²) < 4.78 is 37.0. The highest BCUT2D eigenvalue weighted by molar-refractivity contribution is 7.90. The van der Waals surface area contributed by atoms with Gasteiger partial charge in [0.15, 0.2) is 0 Å². The van der Waals surface area contributed by atoms with E-state index in [1.54, 1.807) is 43.8 Å². The van der Waals surface area contributed by atoms with Crippen molar-refractivity contribution < 1.29 is 12.6 Å². The highest BCUT2D eigenvalue weighted by atomic mass is 32.2. The van der Waals surface area contributed by atoms with Crippen molar-refractivity contribution in [1.82, 2.24) is 9.55 Å². The first kappa shape index (κ1) is 14.0. The molecular weight excluding hydrogens is 284 g/mol. The van der Waals surface area contributed by atoms with E-state index >= 15 is 0 Å². The summed E-state index contributed by atoms with van der Waals surface area (Å²) in [7, 11) is -2.88. The van der Waals surface area contributed by atoms with Crippen LogP contribution in [-0.4, -0.2) is 28.4 Å². The molecule has 2 aromatic rings. The Morgan fingerprint density at radius 1 is 1.26 bits per heavy atom. The standard InChI is InChI=1S/C12H14N2O3S2/c1-14-8-7-13-12(14)19(16,17)9-10-3-5-11(6-4-10)18(2)15/h3-8H,9H2,1-2H3. The molecule has 0 radical (unpaired) electrons. The lowest BCUT2D eigenvalue weighted by Crippen LogP contribution is -2.10. The van der Waals surface area contributed by atoms with Gasteiger partial charge in [0.2, 0.25) is 15.0 Å². The summed E-state index contributed by atoms with van der Waals surface area (Å²) in [4.78, 5) is 4.53. The monoisotopic (exact) mass is 298 g/mol. The Balaban J connectivity index is 2.26. The van der Waals surface area contributed by atoms with Crippen LogP contribution in [0.25, 0.3) is 0 Å². The Morgan fingerprint density at radius 3 is 2.37 bits per heavy atom. The molecular formula is C12H14N2O3S2. The smallest absolute Gasteiger partial charge is 0.227 e. The number of aromatic nitrogens is 2. The number of nitrogens with zero attached hydrogens (tertiary/aromatic N) is 2. The predicted octanol–water partition coefficient (Wildman–Crippen LogP) is 1.13. The SMILES string of the molecule is Cn1ccnc1S(=O)(=O)Cc1ccc(S(C)=O)cc1. The molecule has 19 heavy (non-hydrogen) atoms. The van der Waals surface area contributed by atoms with Crippen LogP contribution in [-0.2, 0) is 33.4 Å². The molecule has 0 saturated carbocycles. The lowest BCUT2D eigenvalue weighted by molar-refractivity contribution is 0.578. The van der Waals surface area contributed by atoms with Gasteiger partial charge in [0, 0.05) is 41.4 Å². The lowest BCUT2D eigenvalue weighted by Gasteiger charge is -2.05. The number of rotatable bonds is 4. The zero-order valence-corrected chi connectivity index (χ0v) is 12.2. The summed E-state index contributed by atoms with van der Waals surface area (Å²) in [6.45, 7) is 0. The van der Waals surface area contributed by atoms with Gasteiger partial charge in [-0.25, -0.2) is 13.4 Å². The summed E-state index contributed by atoms with van der Waals surface area (Å²) in [6, 6.07) is 6.72. The van der Waals surface area contributed by atoms with E-state index in [1.165, 1.54) is 10.8 Å². The molecule has 0 amide bonds. The molecule has 7 heteroatoms. The molecule has 0 aliphatic heterocycles. The largest absolute Gasteiger partial charge is 0.325 e. The summed E-state index contributed by atoms with van der Waals surface area (Å²) >= 11 is 0. The van der Waals surface area contributed by atoms with E-state index in [0.717, 1.165) is 0 Å². The van der Waals surface area contributed by atoms with Gasteiger partial charge < -0.3 is 4.57 Å². The van der Waals surface area contributed by atoms with Crippen LogP contribution >= 0.6 is 0 Å². The Morgan fingerprint density at radius 2 is 1.89 bits per heavy atom. The highest BCUT2D eigenvalue weighted by Gasteiger charge is 2.19. The van der Waals surface area contributed by atoms with E-state index in [9.17, 15) is 12.6 Å². The van der Waals surface area contributed by atoms with E-state index in [4.69, 9.17) is 0 Å². The van der Waals surface area contributed by atoms with Gasteiger partial charge in [-0.2, -0.15) is 0 Å². The van der Waals surface area contributed by atoms with Crippen molar-refractivity contribution in [2.24, 2.45) is 7.05 Å². The van der Waals surface area contributed by atoms with E-state index in [1.807, 2.05) is 0 Å². The van der Waals surface area contributed by atoms with Crippen LogP contribution in [0.4, 0.5) is 0 Å². The van der Waals surface area contributed by atoms with Crippen molar-refractivity contribution in [2.75, 3.05) is 6.26 Å². The third-order valence-corrected chi connectivity index (χ3v) is 5.27. The number of imidazole rings is 1. The first-order valence-electron chi connectivity index (χ1n) is 5.52. The Kier molecular flexibility index (Phi) is 3.86. The topological polar surface area (TPSA) is 69.0 Å². The molecule has 0 saturated heterocycles. The molecule has 5 nitrogen and oxygen atoms in total.